The van der Waals surface area contributed by atoms with E-state index in [0.29, 0.717) is 38.0 Å². The van der Waals surface area contributed by atoms with E-state index < -0.39 is 0 Å². The van der Waals surface area contributed by atoms with E-state index in [1.807, 2.05) is 13.8 Å². The number of ketones is 2. The van der Waals surface area contributed by atoms with Gasteiger partial charge in [-0.1, -0.05) is 0 Å². The van der Waals surface area contributed by atoms with Crippen molar-refractivity contribution >= 4 is 23.5 Å². The van der Waals surface area contributed by atoms with Gasteiger partial charge in [0.15, 0.2) is 24.8 Å². The van der Waals surface area contributed by atoms with Gasteiger partial charge in [0, 0.05) is 35.6 Å². The van der Waals surface area contributed by atoms with E-state index in [0.717, 1.165) is 74.0 Å². The normalized spacial score (nSPS) is 34.8. The van der Waals surface area contributed by atoms with Crippen LogP contribution in [0, 0.1) is 59.2 Å². The molecule has 8 saturated carbocycles. The van der Waals surface area contributed by atoms with Crippen LogP contribution in [0.2, 0.25) is 0 Å². The minimum Gasteiger partial charge on any atom is -0.446 e. The van der Waals surface area contributed by atoms with Crippen molar-refractivity contribution < 1.29 is 60.6 Å². The molecule has 8 nitrogen and oxygen atoms in total. The Balaban J connectivity index is 0.000000249. The zero-order valence-corrected chi connectivity index (χ0v) is 28.6. The fourth-order valence-electron chi connectivity index (χ4n) is 9.77. The van der Waals surface area contributed by atoms with Crippen LogP contribution >= 0.6 is 0 Å². The Kier molecular flexibility index (Phi) is 15.3. The molecule has 0 spiro atoms. The molecule has 8 fully saturated rings. The Hall–Kier alpha value is -1.35. The molecule has 0 aromatic carbocycles. The molecular weight excluding hydrogens is 584 g/mol. The fraction of sp³-hybridized carbons (Fsp3) is 0.824. The Morgan fingerprint density at radius 1 is 0.558 bits per heavy atom. The van der Waals surface area contributed by atoms with E-state index in [1.165, 1.54) is 51.4 Å². The molecule has 8 rings (SSSR count). The molecule has 8 bridgehead atoms. The van der Waals surface area contributed by atoms with Crippen molar-refractivity contribution in [3.63, 3.8) is 0 Å². The van der Waals surface area contributed by atoms with Gasteiger partial charge >= 0.3 is 11.9 Å². The first-order chi connectivity index (χ1) is 20.0. The predicted octanol–water partition coefficient (Wildman–Crippen LogP) is 4.44. The smallest absolute Gasteiger partial charge is 0.352 e. The molecule has 0 unspecified atom stereocenters. The predicted molar refractivity (Wildman–Crippen MR) is 169 cm³/mol. The maximum absolute atomic E-state index is 10.4. The molecule has 0 aromatic heterocycles. The quantitative estimate of drug-likeness (QED) is 0.126. The average molecular weight is 645 g/mol. The maximum Gasteiger partial charge on any atom is 0.352 e. The first-order valence-electron chi connectivity index (χ1n) is 16.5. The zero-order valence-electron chi connectivity index (χ0n) is 27.0. The number of esters is 2. The van der Waals surface area contributed by atoms with Crippen molar-refractivity contribution in [2.24, 2.45) is 46.3 Å². The van der Waals surface area contributed by atoms with Gasteiger partial charge in [-0.3, -0.25) is 0 Å². The molecule has 0 aromatic rings. The third-order valence-electron chi connectivity index (χ3n) is 10.3. The van der Waals surface area contributed by atoms with E-state index in [1.54, 1.807) is 13.8 Å². The van der Waals surface area contributed by atoms with Gasteiger partial charge in [0.25, 0.3) is 0 Å². The van der Waals surface area contributed by atoms with Crippen LogP contribution in [0.25, 0.3) is 0 Å². The van der Waals surface area contributed by atoms with Gasteiger partial charge in [0.05, 0.1) is 10.8 Å². The van der Waals surface area contributed by atoms with Gasteiger partial charge in [-0.15, -0.1) is 12.8 Å². The maximum atomic E-state index is 10.4. The van der Waals surface area contributed by atoms with Crippen molar-refractivity contribution in [3.05, 3.63) is 12.8 Å². The van der Waals surface area contributed by atoms with Gasteiger partial charge in [-0.05, 0) is 126 Å². The summed E-state index contributed by atoms with van der Waals surface area (Å²) >= 11 is 0. The van der Waals surface area contributed by atoms with E-state index >= 15 is 0 Å². The monoisotopic (exact) mass is 644 g/mol. The van der Waals surface area contributed by atoms with Crippen molar-refractivity contribution in [1.82, 2.24) is 0 Å². The van der Waals surface area contributed by atoms with Crippen LogP contribution in [0.5, 0.6) is 0 Å². The van der Waals surface area contributed by atoms with Crippen molar-refractivity contribution in [1.29, 1.82) is 0 Å². The average Bonchev–Trinajstić information content (AvgIpc) is 2.89. The number of carbonyl (C=O) groups excluding carboxylic acids is 4. The second kappa shape index (κ2) is 17.4. The van der Waals surface area contributed by atoms with E-state index in [9.17, 15) is 19.2 Å². The van der Waals surface area contributed by atoms with Crippen LogP contribution in [0.4, 0.5) is 0 Å². The van der Waals surface area contributed by atoms with Gasteiger partial charge in [-0.2, -0.15) is 0 Å². The summed E-state index contributed by atoms with van der Waals surface area (Å²) in [7, 11) is 0. The summed E-state index contributed by atoms with van der Waals surface area (Å²) in [5.41, 5.74) is -0.111. The molecule has 43 heavy (non-hydrogen) atoms. The molecule has 9 heteroatoms. The minimum absolute atomic E-state index is 0. The second-order valence-electron chi connectivity index (χ2n) is 13.7. The van der Waals surface area contributed by atoms with Crippen molar-refractivity contribution in [2.45, 2.75) is 105 Å². The van der Waals surface area contributed by atoms with E-state index in [-0.39, 0.29) is 44.5 Å². The first-order valence-corrected chi connectivity index (χ1v) is 16.5. The van der Waals surface area contributed by atoms with E-state index in [2.05, 4.69) is 0 Å². The van der Waals surface area contributed by atoms with Crippen LogP contribution in [0.1, 0.15) is 105 Å². The van der Waals surface area contributed by atoms with Crippen LogP contribution in [-0.4, -0.2) is 79.3 Å². The number of ether oxygens (including phenoxy) is 2. The molecule has 8 aliphatic rings. The third kappa shape index (κ3) is 9.82. The van der Waals surface area contributed by atoms with Gasteiger partial charge in [0.2, 0.25) is 0 Å². The number of hydrogen-bond donors (Lipinski definition) is 0. The van der Waals surface area contributed by atoms with Crippen LogP contribution in [0.3, 0.4) is 0 Å². The topological polar surface area (TPSA) is 150 Å². The third-order valence-corrected chi connectivity index (χ3v) is 10.3. The molecule has 0 heterocycles. The first kappa shape index (κ1) is 37.8. The Labute approximate surface area is 273 Å². The molecule has 8 aliphatic carbocycles. The molecular formula is C34H60O8Ti+4. The molecule has 0 saturated heterocycles. The van der Waals surface area contributed by atoms with Crippen LogP contribution in [0.15, 0.2) is 0 Å². The van der Waals surface area contributed by atoms with Crippen molar-refractivity contribution in [2.75, 3.05) is 26.4 Å². The molecule has 0 aliphatic heterocycles. The summed E-state index contributed by atoms with van der Waals surface area (Å²) in [5, 5.41) is 12.4. The summed E-state index contributed by atoms with van der Waals surface area (Å²) in [6, 6.07) is 0. The van der Waals surface area contributed by atoms with Crippen LogP contribution in [-0.2, 0) is 31.2 Å². The van der Waals surface area contributed by atoms with Crippen LogP contribution < -0.4 is 0 Å². The Bertz CT molecular complexity index is 787. The van der Waals surface area contributed by atoms with Gasteiger partial charge in [0.1, 0.15) is 13.2 Å². The standard InChI is InChI=1S/2C15H21O3.2C2H6O.Ti/c2*1-2-18-14(17)6-13(16)15-7-10-3-11(8-15)5-12(4-10)9-15;2*1-2-3;/h2*6,10-12H,2-5,7-9H2,1H3;2*3H,2H2,1H3;/q2*-1;;;/p+6. The zero-order chi connectivity index (χ0) is 30.9. The summed E-state index contributed by atoms with van der Waals surface area (Å²) in [4.78, 5) is 40.0. The molecule has 0 amide bonds. The van der Waals surface area contributed by atoms with E-state index in [4.69, 9.17) is 19.7 Å². The van der Waals surface area contributed by atoms with Gasteiger partial charge in [-0.25, -0.2) is 0 Å². The summed E-state index contributed by atoms with van der Waals surface area (Å²) < 4.78 is 10.0. The molecule has 0 radical (unpaired) electrons. The molecule has 244 valence electrons. The van der Waals surface area contributed by atoms with Crippen molar-refractivity contribution in [3.8, 4) is 0 Å². The second-order valence-corrected chi connectivity index (χ2v) is 13.7. The summed E-state index contributed by atoms with van der Waals surface area (Å²) in [5.74, 6) is 5.17. The summed E-state index contributed by atoms with van der Waals surface area (Å²) in [6.45, 7) is 9.09. The minimum atomic E-state index is -0.147. The SMILES string of the molecule is CCOC(=[OH+])[CH-]C(=[OH+])C12CC3CC(CC(C3)C1)C2.CCOC(=[OH+])[CH-]C(=[OH+])C12CC3CC(CC(C3)C1)C2.CC[OH2+].CC[OH2+].[Ti]. The fourth-order valence-corrected chi connectivity index (χ4v) is 9.77. The van der Waals surface area contributed by atoms with Gasteiger partial charge < -0.3 is 38.9 Å². The molecule has 8 N–H and O–H groups in total. The number of hydrogen-bond acceptors (Lipinski definition) is 2. The molecule has 0 atom stereocenters. The number of rotatable bonds is 8. The summed E-state index contributed by atoms with van der Waals surface area (Å²) in [6.07, 6.45) is 17.6. The largest absolute Gasteiger partial charge is 0.446 e. The Morgan fingerprint density at radius 3 is 0.953 bits per heavy atom. The Morgan fingerprint density at radius 2 is 0.767 bits per heavy atom.